The van der Waals surface area contributed by atoms with Crippen LogP contribution in [0.3, 0.4) is 0 Å². The number of aromatic nitrogens is 3. The van der Waals surface area contributed by atoms with Crippen LogP contribution in [-0.2, 0) is 17.8 Å². The van der Waals surface area contributed by atoms with Crippen molar-refractivity contribution in [2.45, 2.75) is 25.0 Å². The molecule has 2 heterocycles. The standard InChI is InChI=1S/C21H30N6O3S/c1-4-27-18(9-10-22-20(29)16-5-7-17(30-3)8-6-16)23-24-21(27)31-15-19(28)26-13-11-25(2)12-14-26/h5-8H,4,9-15H2,1-3H3,(H,22,29). The Balaban J connectivity index is 1.48. The molecule has 0 aliphatic carbocycles. The number of likely N-dealkylation sites (N-methyl/N-ethyl adjacent to an activating group) is 1. The fourth-order valence-corrected chi connectivity index (χ4v) is 4.26. The van der Waals surface area contributed by atoms with Gasteiger partial charge in [-0.1, -0.05) is 11.8 Å². The number of nitrogens with one attached hydrogen (secondary N) is 1. The Hall–Kier alpha value is -2.59. The molecule has 0 atom stereocenters. The molecule has 1 saturated heterocycles. The third kappa shape index (κ3) is 6.20. The summed E-state index contributed by atoms with van der Waals surface area (Å²) in [7, 11) is 3.66. The highest BCUT2D eigenvalue weighted by atomic mass is 32.2. The average molecular weight is 447 g/mol. The number of hydrogen-bond acceptors (Lipinski definition) is 7. The average Bonchev–Trinajstić information content (AvgIpc) is 3.19. The van der Waals surface area contributed by atoms with E-state index in [2.05, 4.69) is 27.5 Å². The molecule has 2 aromatic rings. The van der Waals surface area contributed by atoms with Crippen LogP contribution in [0.5, 0.6) is 5.75 Å². The molecular formula is C21H30N6O3S. The van der Waals surface area contributed by atoms with E-state index in [1.807, 2.05) is 16.4 Å². The quantitative estimate of drug-likeness (QED) is 0.578. The minimum absolute atomic E-state index is 0.136. The van der Waals surface area contributed by atoms with Gasteiger partial charge < -0.3 is 24.4 Å². The molecule has 1 aromatic heterocycles. The first-order valence-corrected chi connectivity index (χ1v) is 11.4. The first kappa shape index (κ1) is 23.1. The van der Waals surface area contributed by atoms with Gasteiger partial charge in [0.05, 0.1) is 12.9 Å². The summed E-state index contributed by atoms with van der Waals surface area (Å²) in [5, 5.41) is 12.2. The van der Waals surface area contributed by atoms with Gasteiger partial charge in [0.1, 0.15) is 11.6 Å². The molecule has 168 valence electrons. The van der Waals surface area contributed by atoms with E-state index in [1.54, 1.807) is 31.4 Å². The number of thioether (sulfide) groups is 1. The zero-order chi connectivity index (χ0) is 22.2. The lowest BCUT2D eigenvalue weighted by Crippen LogP contribution is -2.47. The second-order valence-electron chi connectivity index (χ2n) is 7.35. The maximum Gasteiger partial charge on any atom is 0.251 e. The molecular weight excluding hydrogens is 416 g/mol. The Kier molecular flexibility index (Phi) is 8.30. The van der Waals surface area contributed by atoms with Crippen LogP contribution in [0.4, 0.5) is 0 Å². The molecule has 1 aliphatic rings. The van der Waals surface area contributed by atoms with Gasteiger partial charge in [0, 0.05) is 51.3 Å². The van der Waals surface area contributed by atoms with E-state index < -0.39 is 0 Å². The predicted molar refractivity (Wildman–Crippen MR) is 120 cm³/mol. The van der Waals surface area contributed by atoms with Gasteiger partial charge in [0.15, 0.2) is 5.16 Å². The van der Waals surface area contributed by atoms with E-state index in [0.29, 0.717) is 36.6 Å². The van der Waals surface area contributed by atoms with Gasteiger partial charge in [-0.05, 0) is 38.2 Å². The topological polar surface area (TPSA) is 92.6 Å². The molecule has 31 heavy (non-hydrogen) atoms. The Morgan fingerprint density at radius 2 is 1.84 bits per heavy atom. The first-order valence-electron chi connectivity index (χ1n) is 10.4. The number of methoxy groups -OCH3 is 1. The Morgan fingerprint density at radius 1 is 1.13 bits per heavy atom. The van der Waals surface area contributed by atoms with Crippen molar-refractivity contribution in [2.75, 3.05) is 52.6 Å². The SMILES string of the molecule is CCn1c(CCNC(=O)c2ccc(OC)cc2)nnc1SCC(=O)N1CCN(C)CC1. The van der Waals surface area contributed by atoms with Gasteiger partial charge in [-0.3, -0.25) is 9.59 Å². The summed E-state index contributed by atoms with van der Waals surface area (Å²) in [6.07, 6.45) is 0.565. The van der Waals surface area contributed by atoms with Crippen LogP contribution >= 0.6 is 11.8 Å². The van der Waals surface area contributed by atoms with Crippen molar-refractivity contribution in [1.29, 1.82) is 0 Å². The molecule has 3 rings (SSSR count). The van der Waals surface area contributed by atoms with E-state index in [0.717, 1.165) is 37.2 Å². The highest BCUT2D eigenvalue weighted by Crippen LogP contribution is 2.18. The van der Waals surface area contributed by atoms with E-state index in [-0.39, 0.29) is 11.8 Å². The number of rotatable bonds is 9. The third-order valence-electron chi connectivity index (χ3n) is 5.28. The van der Waals surface area contributed by atoms with Crippen LogP contribution in [0.25, 0.3) is 0 Å². The summed E-state index contributed by atoms with van der Waals surface area (Å²) in [6.45, 7) is 6.55. The number of carbonyl (C=O) groups excluding carboxylic acids is 2. The summed E-state index contributed by atoms with van der Waals surface area (Å²) in [6, 6.07) is 6.98. The van der Waals surface area contributed by atoms with Crippen molar-refractivity contribution in [3.63, 3.8) is 0 Å². The molecule has 0 unspecified atom stereocenters. The highest BCUT2D eigenvalue weighted by molar-refractivity contribution is 7.99. The van der Waals surface area contributed by atoms with Gasteiger partial charge in [-0.15, -0.1) is 10.2 Å². The predicted octanol–water partition coefficient (Wildman–Crippen LogP) is 1.15. The molecule has 1 aromatic carbocycles. The lowest BCUT2D eigenvalue weighted by molar-refractivity contribution is -0.129. The van der Waals surface area contributed by atoms with Crippen LogP contribution in [0.1, 0.15) is 23.1 Å². The number of amides is 2. The van der Waals surface area contributed by atoms with Crippen molar-refractivity contribution in [1.82, 2.24) is 29.9 Å². The maximum atomic E-state index is 12.5. The molecule has 0 saturated carbocycles. The van der Waals surface area contributed by atoms with Crippen molar-refractivity contribution < 1.29 is 14.3 Å². The Bertz CT molecular complexity index is 878. The van der Waals surface area contributed by atoms with Gasteiger partial charge >= 0.3 is 0 Å². The fraction of sp³-hybridized carbons (Fsp3) is 0.524. The first-order chi connectivity index (χ1) is 15.0. The lowest BCUT2D eigenvalue weighted by Gasteiger charge is -2.32. The summed E-state index contributed by atoms with van der Waals surface area (Å²) >= 11 is 1.42. The van der Waals surface area contributed by atoms with Crippen LogP contribution in [0, 0.1) is 0 Å². The number of benzene rings is 1. The summed E-state index contributed by atoms with van der Waals surface area (Å²) in [5.41, 5.74) is 0.580. The largest absolute Gasteiger partial charge is 0.497 e. The zero-order valence-electron chi connectivity index (χ0n) is 18.3. The summed E-state index contributed by atoms with van der Waals surface area (Å²) in [5.74, 6) is 1.86. The number of ether oxygens (including phenoxy) is 1. The summed E-state index contributed by atoms with van der Waals surface area (Å²) < 4.78 is 7.11. The molecule has 0 radical (unpaired) electrons. The molecule has 1 aliphatic heterocycles. The van der Waals surface area contributed by atoms with Crippen LogP contribution in [0.15, 0.2) is 29.4 Å². The van der Waals surface area contributed by atoms with Gasteiger partial charge in [0.25, 0.3) is 5.91 Å². The number of piperazine rings is 1. The molecule has 1 fully saturated rings. The molecule has 0 spiro atoms. The van der Waals surface area contributed by atoms with E-state index in [1.165, 1.54) is 11.8 Å². The smallest absolute Gasteiger partial charge is 0.251 e. The molecule has 2 amide bonds. The minimum atomic E-state index is -0.141. The highest BCUT2D eigenvalue weighted by Gasteiger charge is 2.20. The number of carbonyl (C=O) groups is 2. The van der Waals surface area contributed by atoms with E-state index in [9.17, 15) is 9.59 Å². The molecule has 0 bridgehead atoms. The van der Waals surface area contributed by atoms with Crippen molar-refractivity contribution in [3.05, 3.63) is 35.7 Å². The third-order valence-corrected chi connectivity index (χ3v) is 6.23. The molecule has 1 N–H and O–H groups in total. The lowest BCUT2D eigenvalue weighted by atomic mass is 10.2. The van der Waals surface area contributed by atoms with E-state index in [4.69, 9.17) is 4.74 Å². The minimum Gasteiger partial charge on any atom is -0.497 e. The van der Waals surface area contributed by atoms with Gasteiger partial charge in [-0.2, -0.15) is 0 Å². The van der Waals surface area contributed by atoms with Crippen LogP contribution in [0.2, 0.25) is 0 Å². The number of hydrogen-bond donors (Lipinski definition) is 1. The van der Waals surface area contributed by atoms with Crippen molar-refractivity contribution in [3.8, 4) is 5.75 Å². The second-order valence-corrected chi connectivity index (χ2v) is 8.29. The molecule has 9 nitrogen and oxygen atoms in total. The summed E-state index contributed by atoms with van der Waals surface area (Å²) in [4.78, 5) is 28.9. The Labute approximate surface area is 187 Å². The van der Waals surface area contributed by atoms with Crippen molar-refractivity contribution in [2.24, 2.45) is 0 Å². The normalized spacial score (nSPS) is 14.5. The molecule has 10 heteroatoms. The second kappa shape index (κ2) is 11.1. The van der Waals surface area contributed by atoms with Gasteiger partial charge in [-0.25, -0.2) is 0 Å². The maximum absolute atomic E-state index is 12.5. The van der Waals surface area contributed by atoms with Crippen LogP contribution < -0.4 is 10.1 Å². The Morgan fingerprint density at radius 3 is 2.48 bits per heavy atom. The van der Waals surface area contributed by atoms with Crippen molar-refractivity contribution >= 4 is 23.6 Å². The van der Waals surface area contributed by atoms with E-state index >= 15 is 0 Å². The monoisotopic (exact) mass is 446 g/mol. The number of nitrogens with zero attached hydrogens (tertiary/aromatic N) is 5. The zero-order valence-corrected chi connectivity index (χ0v) is 19.2. The van der Waals surface area contributed by atoms with Crippen LogP contribution in [-0.4, -0.2) is 89.0 Å². The van der Waals surface area contributed by atoms with Gasteiger partial charge in [0.2, 0.25) is 5.91 Å². The fourth-order valence-electron chi connectivity index (χ4n) is 3.33.